The van der Waals surface area contributed by atoms with Gasteiger partial charge in [-0.1, -0.05) is 18.2 Å². The molecule has 2 aromatic carbocycles. The average molecular weight is 475 g/mol. The number of anilines is 1. The Morgan fingerprint density at radius 1 is 1.08 bits per heavy atom. The van der Waals surface area contributed by atoms with Gasteiger partial charge in [-0.05, 0) is 35.9 Å². The van der Waals surface area contributed by atoms with Crippen molar-refractivity contribution in [1.29, 1.82) is 0 Å². The van der Waals surface area contributed by atoms with Crippen molar-refractivity contribution in [2.75, 3.05) is 5.32 Å². The van der Waals surface area contributed by atoms with E-state index in [9.17, 15) is 17.6 Å². The van der Waals surface area contributed by atoms with Crippen LogP contribution in [0.3, 0.4) is 0 Å². The number of halogens is 5. The van der Waals surface area contributed by atoms with Gasteiger partial charge in [0.05, 0.1) is 5.69 Å². The Kier molecular flexibility index (Phi) is 5.22. The van der Waals surface area contributed by atoms with Gasteiger partial charge in [-0.3, -0.25) is 4.68 Å². The first-order chi connectivity index (χ1) is 12.3. The third-order valence-electron chi connectivity index (χ3n) is 3.88. The van der Waals surface area contributed by atoms with Gasteiger partial charge in [0.1, 0.15) is 17.3 Å². The van der Waals surface area contributed by atoms with Crippen LogP contribution in [-0.4, -0.2) is 9.78 Å². The molecule has 1 heterocycles. The molecule has 0 aliphatic rings. The Hall–Kier alpha value is -2.10. The molecule has 0 amide bonds. The summed E-state index contributed by atoms with van der Waals surface area (Å²) in [5, 5.41) is 6.78. The lowest BCUT2D eigenvalue weighted by Gasteiger charge is -2.09. The summed E-state index contributed by atoms with van der Waals surface area (Å²) in [5.74, 6) is -1.23. The Bertz CT molecular complexity index is 897. The molecule has 0 spiro atoms. The molecule has 1 aromatic heterocycles. The van der Waals surface area contributed by atoms with E-state index in [0.29, 0.717) is 16.9 Å². The summed E-state index contributed by atoms with van der Waals surface area (Å²) < 4.78 is 52.4. The predicted octanol–water partition coefficient (Wildman–Crippen LogP) is 5.46. The van der Waals surface area contributed by atoms with Crippen molar-refractivity contribution in [2.24, 2.45) is 7.05 Å². The van der Waals surface area contributed by atoms with E-state index < -0.39 is 15.6 Å². The maximum atomic E-state index is 13.6. The normalized spacial score (nSPS) is 11.6. The molecule has 3 aromatic rings. The van der Waals surface area contributed by atoms with E-state index in [1.807, 2.05) is 0 Å². The lowest BCUT2D eigenvalue weighted by atomic mass is 10.1. The molecule has 0 radical (unpaired) electrons. The maximum Gasteiger partial charge on any atom is 0.339 e. The number of hydrogen-bond donors (Lipinski definition) is 1. The molecular formula is C18H14F4IN3. The van der Waals surface area contributed by atoms with Gasteiger partial charge in [0, 0.05) is 47.4 Å². The van der Waals surface area contributed by atoms with Crippen molar-refractivity contribution >= 4 is 28.3 Å². The summed E-state index contributed by atoms with van der Waals surface area (Å²) in [7, 11) is 1.59. The van der Waals surface area contributed by atoms with E-state index in [4.69, 9.17) is 0 Å². The molecule has 0 saturated carbocycles. The summed E-state index contributed by atoms with van der Waals surface area (Å²) in [5.41, 5.74) is 1.54. The smallest absolute Gasteiger partial charge is 0.339 e. The van der Waals surface area contributed by atoms with Crippen LogP contribution in [-0.2, 0) is 17.5 Å². The molecule has 0 bridgehead atoms. The highest BCUT2D eigenvalue weighted by molar-refractivity contribution is 14.1. The van der Waals surface area contributed by atoms with Crippen LogP contribution in [0, 0.1) is 11.6 Å². The lowest BCUT2D eigenvalue weighted by molar-refractivity contribution is 0.121. The van der Waals surface area contributed by atoms with Gasteiger partial charge in [0.2, 0.25) is 0 Å². The molecule has 0 fully saturated rings. The predicted molar refractivity (Wildman–Crippen MR) is 100 cm³/mol. The second-order valence-corrected chi connectivity index (χ2v) is 7.02. The van der Waals surface area contributed by atoms with Crippen LogP contribution >= 0.6 is 22.6 Å². The fourth-order valence-corrected chi connectivity index (χ4v) is 2.79. The minimum atomic E-state index is -3.04. The zero-order valence-corrected chi connectivity index (χ0v) is 15.8. The van der Waals surface area contributed by atoms with E-state index in [1.165, 1.54) is 28.9 Å². The third kappa shape index (κ3) is 4.00. The molecule has 26 heavy (non-hydrogen) atoms. The van der Waals surface area contributed by atoms with Crippen molar-refractivity contribution in [1.82, 2.24) is 9.78 Å². The average Bonchev–Trinajstić information content (AvgIpc) is 2.97. The number of aromatic nitrogens is 2. The van der Waals surface area contributed by atoms with Gasteiger partial charge in [-0.2, -0.15) is 13.9 Å². The highest BCUT2D eigenvalue weighted by Crippen LogP contribution is 2.36. The monoisotopic (exact) mass is 475 g/mol. The lowest BCUT2D eigenvalue weighted by Crippen LogP contribution is -2.04. The molecule has 0 unspecified atom stereocenters. The number of alkyl halides is 3. The van der Waals surface area contributed by atoms with Crippen molar-refractivity contribution in [3.8, 4) is 11.3 Å². The van der Waals surface area contributed by atoms with Gasteiger partial charge >= 0.3 is 3.93 Å². The zero-order chi connectivity index (χ0) is 18.9. The molecule has 3 nitrogen and oxygen atoms in total. The first-order valence-corrected chi connectivity index (χ1v) is 8.72. The summed E-state index contributed by atoms with van der Waals surface area (Å²) >= 11 is 1.04. The number of aryl methyl sites for hydroxylation is 1. The number of benzene rings is 2. The van der Waals surface area contributed by atoms with Crippen LogP contribution in [0.1, 0.15) is 11.3 Å². The second kappa shape index (κ2) is 7.26. The molecule has 0 aliphatic heterocycles. The molecule has 0 atom stereocenters. The van der Waals surface area contributed by atoms with Crippen LogP contribution in [0.2, 0.25) is 0 Å². The van der Waals surface area contributed by atoms with E-state index >= 15 is 0 Å². The summed E-state index contributed by atoms with van der Waals surface area (Å²) in [6.07, 6.45) is 0. The molecule has 136 valence electrons. The number of hydrogen-bond acceptors (Lipinski definition) is 2. The highest BCUT2D eigenvalue weighted by Gasteiger charge is 2.31. The maximum absolute atomic E-state index is 13.6. The van der Waals surface area contributed by atoms with Gasteiger partial charge in [0.25, 0.3) is 0 Å². The van der Waals surface area contributed by atoms with E-state index in [2.05, 4.69) is 10.4 Å². The molecule has 3 rings (SSSR count). The quantitative estimate of drug-likeness (QED) is 0.302. The van der Waals surface area contributed by atoms with Crippen molar-refractivity contribution in [3.63, 3.8) is 0 Å². The molecular weight excluding hydrogens is 461 g/mol. The number of nitrogens with one attached hydrogen (secondary N) is 1. The molecule has 8 heteroatoms. The van der Waals surface area contributed by atoms with E-state index in [0.717, 1.165) is 22.6 Å². The van der Waals surface area contributed by atoms with Crippen LogP contribution in [0.25, 0.3) is 11.3 Å². The largest absolute Gasteiger partial charge is 0.381 e. The Labute approximate surface area is 161 Å². The molecule has 0 aliphatic carbocycles. The van der Waals surface area contributed by atoms with Crippen LogP contribution in [0.5, 0.6) is 0 Å². The van der Waals surface area contributed by atoms with Gasteiger partial charge in [-0.15, -0.1) is 0 Å². The van der Waals surface area contributed by atoms with Crippen LogP contribution in [0.15, 0.2) is 48.5 Å². The topological polar surface area (TPSA) is 29.9 Å². The third-order valence-corrected chi connectivity index (χ3v) is 4.43. The standard InChI is InChI=1S/C18H14F4IN3/c1-26-16(9-17(25-26)18(21,22)23)11-5-7-12(8-6-11)24-10-13-14(19)3-2-4-15(13)20/h2-9,24H,10H2,1H3. The fourth-order valence-electron chi connectivity index (χ4n) is 2.53. The first-order valence-electron chi connectivity index (χ1n) is 7.64. The minimum absolute atomic E-state index is 0.00519. The van der Waals surface area contributed by atoms with Gasteiger partial charge in [-0.25, -0.2) is 8.78 Å². The van der Waals surface area contributed by atoms with E-state index in [-0.39, 0.29) is 17.8 Å². The minimum Gasteiger partial charge on any atom is -0.381 e. The molecule has 0 saturated heterocycles. The van der Waals surface area contributed by atoms with Crippen LogP contribution in [0.4, 0.5) is 23.2 Å². The second-order valence-electron chi connectivity index (χ2n) is 5.67. The van der Waals surface area contributed by atoms with Crippen molar-refractivity contribution in [2.45, 2.75) is 10.5 Å². The first kappa shape index (κ1) is 18.7. The summed E-state index contributed by atoms with van der Waals surface area (Å²) in [6, 6.07) is 11.9. The summed E-state index contributed by atoms with van der Waals surface area (Å²) in [4.78, 5) is 0. The fraction of sp³-hybridized carbons (Fsp3) is 0.167. The zero-order valence-electron chi connectivity index (χ0n) is 13.6. The van der Waals surface area contributed by atoms with Crippen molar-refractivity contribution < 1.29 is 17.6 Å². The Morgan fingerprint density at radius 3 is 2.23 bits per heavy atom. The van der Waals surface area contributed by atoms with Gasteiger partial charge < -0.3 is 5.32 Å². The van der Waals surface area contributed by atoms with Crippen LogP contribution < -0.4 is 5.32 Å². The highest BCUT2D eigenvalue weighted by atomic mass is 127. The number of rotatable bonds is 5. The Morgan fingerprint density at radius 2 is 1.69 bits per heavy atom. The molecule has 1 N–H and O–H groups in total. The van der Waals surface area contributed by atoms with Crippen molar-refractivity contribution in [3.05, 3.63) is 71.4 Å². The Balaban J connectivity index is 1.76. The van der Waals surface area contributed by atoms with Gasteiger partial charge in [0.15, 0.2) is 0 Å². The number of nitrogens with zero attached hydrogens (tertiary/aromatic N) is 2. The SMILES string of the molecule is Cn1nc(C(F)(F)I)cc1-c1ccc(NCc2c(F)cccc2F)cc1. The summed E-state index contributed by atoms with van der Waals surface area (Å²) in [6.45, 7) is -0.00519. The van der Waals surface area contributed by atoms with E-state index in [1.54, 1.807) is 31.3 Å².